The van der Waals surface area contributed by atoms with Crippen molar-refractivity contribution in [2.45, 2.75) is 11.0 Å². The van der Waals surface area contributed by atoms with E-state index in [1.54, 1.807) is 6.07 Å². The second-order valence-electron chi connectivity index (χ2n) is 3.88. The van der Waals surface area contributed by atoms with Crippen molar-refractivity contribution < 1.29 is 13.2 Å². The van der Waals surface area contributed by atoms with Gasteiger partial charge in [0, 0.05) is 10.0 Å². The first-order valence-corrected chi connectivity index (χ1v) is 8.43. The number of benzene rings is 1. The van der Waals surface area contributed by atoms with Gasteiger partial charge in [0.15, 0.2) is 0 Å². The third-order valence-corrected chi connectivity index (χ3v) is 5.78. The van der Waals surface area contributed by atoms with Gasteiger partial charge in [0.1, 0.15) is 0 Å². The van der Waals surface area contributed by atoms with Gasteiger partial charge in [-0.25, -0.2) is 0 Å². The summed E-state index contributed by atoms with van der Waals surface area (Å²) in [5.74, 6) is 0. The van der Waals surface area contributed by atoms with Crippen LogP contribution in [0.4, 0.5) is 13.2 Å². The summed E-state index contributed by atoms with van der Waals surface area (Å²) in [6.45, 7) is 0. The average molecular weight is 469 g/mol. The lowest BCUT2D eigenvalue weighted by Gasteiger charge is -2.15. The summed E-state index contributed by atoms with van der Waals surface area (Å²) in [6, 6.07) is 5.12. The molecule has 0 N–H and O–H groups in total. The standard InChI is InChI=1S/C12H5Br2Cl2F3S/c13-8-2-1-5(12(17,18)19)3-6(8)10(14)7-4-9(15)20-11(7)16/h1-4,10H. The third kappa shape index (κ3) is 3.53. The van der Waals surface area contributed by atoms with Crippen molar-refractivity contribution in [3.63, 3.8) is 0 Å². The van der Waals surface area contributed by atoms with Gasteiger partial charge in [-0.05, 0) is 29.8 Å². The molecule has 0 aliphatic rings. The quantitative estimate of drug-likeness (QED) is 0.405. The van der Waals surface area contributed by atoms with Crippen molar-refractivity contribution in [2.24, 2.45) is 0 Å². The van der Waals surface area contributed by atoms with E-state index in [9.17, 15) is 13.2 Å². The van der Waals surface area contributed by atoms with Gasteiger partial charge in [0.25, 0.3) is 0 Å². The lowest BCUT2D eigenvalue weighted by atomic mass is 10.0. The topological polar surface area (TPSA) is 0 Å². The molecule has 1 unspecified atom stereocenters. The molecule has 0 nitrogen and oxygen atoms in total. The van der Waals surface area contributed by atoms with E-state index >= 15 is 0 Å². The highest BCUT2D eigenvalue weighted by Gasteiger charge is 2.32. The van der Waals surface area contributed by atoms with Crippen molar-refractivity contribution in [2.75, 3.05) is 0 Å². The summed E-state index contributed by atoms with van der Waals surface area (Å²) in [6.07, 6.45) is -4.39. The van der Waals surface area contributed by atoms with Gasteiger partial charge < -0.3 is 0 Å². The van der Waals surface area contributed by atoms with E-state index in [0.29, 0.717) is 24.3 Å². The van der Waals surface area contributed by atoms with Crippen molar-refractivity contribution in [3.05, 3.63) is 54.1 Å². The Kier molecular flexibility index (Phi) is 5.12. The lowest BCUT2D eigenvalue weighted by Crippen LogP contribution is -2.06. The van der Waals surface area contributed by atoms with Crippen LogP contribution in [0.3, 0.4) is 0 Å². The molecule has 0 amide bonds. The minimum atomic E-state index is -4.39. The molecular weight excluding hydrogens is 464 g/mol. The molecule has 2 aromatic rings. The SMILES string of the molecule is FC(F)(F)c1ccc(Br)c(C(Br)c2cc(Cl)sc2Cl)c1. The maximum absolute atomic E-state index is 12.8. The van der Waals surface area contributed by atoms with Crippen LogP contribution >= 0.6 is 66.4 Å². The Morgan fingerprint density at radius 1 is 1.10 bits per heavy atom. The van der Waals surface area contributed by atoms with Crippen LogP contribution in [0.1, 0.15) is 21.5 Å². The molecule has 0 saturated heterocycles. The number of hydrogen-bond donors (Lipinski definition) is 0. The number of hydrogen-bond acceptors (Lipinski definition) is 1. The average Bonchev–Trinajstić information content (AvgIpc) is 2.66. The Morgan fingerprint density at radius 3 is 2.25 bits per heavy atom. The molecule has 8 heteroatoms. The summed E-state index contributed by atoms with van der Waals surface area (Å²) < 4.78 is 39.8. The lowest BCUT2D eigenvalue weighted by molar-refractivity contribution is -0.137. The van der Waals surface area contributed by atoms with Gasteiger partial charge in [-0.1, -0.05) is 55.1 Å². The molecule has 1 aromatic heterocycles. The summed E-state index contributed by atoms with van der Waals surface area (Å²) in [4.78, 5) is -0.476. The minimum Gasteiger partial charge on any atom is -0.166 e. The fourth-order valence-corrected chi connectivity index (χ4v) is 4.95. The Bertz CT molecular complexity index is 640. The van der Waals surface area contributed by atoms with E-state index in [0.717, 1.165) is 12.1 Å². The van der Waals surface area contributed by atoms with E-state index in [1.807, 2.05) is 0 Å². The molecule has 1 aromatic carbocycles. The van der Waals surface area contributed by atoms with Crippen LogP contribution in [0, 0.1) is 0 Å². The molecule has 0 aliphatic carbocycles. The van der Waals surface area contributed by atoms with E-state index in [-0.39, 0.29) is 0 Å². The predicted octanol–water partition coefficient (Wildman–Crippen LogP) is 7.32. The van der Waals surface area contributed by atoms with Crippen molar-refractivity contribution in [1.29, 1.82) is 0 Å². The minimum absolute atomic E-state index is 0.441. The zero-order valence-corrected chi connectivity index (χ0v) is 14.9. The first-order valence-electron chi connectivity index (χ1n) is 5.15. The monoisotopic (exact) mass is 466 g/mol. The maximum Gasteiger partial charge on any atom is 0.416 e. The molecule has 0 fully saturated rings. The van der Waals surface area contributed by atoms with Gasteiger partial charge >= 0.3 is 6.18 Å². The van der Waals surface area contributed by atoms with Crippen molar-refractivity contribution in [3.8, 4) is 0 Å². The van der Waals surface area contributed by atoms with E-state index in [4.69, 9.17) is 23.2 Å². The zero-order chi connectivity index (χ0) is 15.1. The summed E-state index contributed by atoms with van der Waals surface area (Å²) in [5.41, 5.74) is 0.371. The zero-order valence-electron chi connectivity index (χ0n) is 9.44. The van der Waals surface area contributed by atoms with Gasteiger partial charge in [-0.3, -0.25) is 0 Å². The van der Waals surface area contributed by atoms with Gasteiger partial charge in [0.2, 0.25) is 0 Å². The van der Waals surface area contributed by atoms with Crippen molar-refractivity contribution in [1.82, 2.24) is 0 Å². The number of alkyl halides is 4. The number of halogens is 7. The summed E-state index contributed by atoms with van der Waals surface area (Å²) in [7, 11) is 0. The summed E-state index contributed by atoms with van der Waals surface area (Å²) >= 11 is 19.7. The first-order chi connectivity index (χ1) is 9.20. The van der Waals surface area contributed by atoms with Crippen LogP contribution in [0.25, 0.3) is 0 Å². The van der Waals surface area contributed by atoms with Gasteiger partial charge in [-0.15, -0.1) is 11.3 Å². The van der Waals surface area contributed by atoms with E-state index < -0.39 is 16.6 Å². The predicted molar refractivity (Wildman–Crippen MR) is 84.3 cm³/mol. The number of thiophene rings is 1. The first kappa shape index (κ1) is 16.6. The molecule has 0 aliphatic heterocycles. The molecule has 1 heterocycles. The molecular formula is C12H5Br2Cl2F3S. The molecule has 108 valence electrons. The molecule has 1 atom stereocenters. The Hall–Kier alpha value is 0.250. The smallest absolute Gasteiger partial charge is 0.166 e. The van der Waals surface area contributed by atoms with Crippen LogP contribution in [0.5, 0.6) is 0 Å². The summed E-state index contributed by atoms with van der Waals surface area (Å²) in [5, 5.41) is 0. The normalized spacial score (nSPS) is 13.6. The fraction of sp³-hybridized carbons (Fsp3) is 0.167. The maximum atomic E-state index is 12.8. The highest BCUT2D eigenvalue weighted by molar-refractivity contribution is 9.11. The molecule has 0 radical (unpaired) electrons. The molecule has 2 rings (SSSR count). The molecule has 20 heavy (non-hydrogen) atoms. The molecule has 0 saturated carbocycles. The Labute approximate surface area is 144 Å². The molecule has 0 bridgehead atoms. The van der Waals surface area contributed by atoms with Crippen LogP contribution in [-0.4, -0.2) is 0 Å². The van der Waals surface area contributed by atoms with Crippen molar-refractivity contribution >= 4 is 66.4 Å². The van der Waals surface area contributed by atoms with Crippen LogP contribution in [0.15, 0.2) is 28.7 Å². The van der Waals surface area contributed by atoms with Gasteiger partial charge in [-0.2, -0.15) is 13.2 Å². The fourth-order valence-electron chi connectivity index (χ4n) is 1.61. The van der Waals surface area contributed by atoms with E-state index in [2.05, 4.69) is 31.9 Å². The highest BCUT2D eigenvalue weighted by atomic mass is 79.9. The molecule has 0 spiro atoms. The van der Waals surface area contributed by atoms with Crippen LogP contribution in [-0.2, 0) is 6.18 Å². The Balaban J connectivity index is 2.49. The third-order valence-electron chi connectivity index (χ3n) is 2.55. The van der Waals surface area contributed by atoms with Crippen LogP contribution in [0.2, 0.25) is 8.67 Å². The van der Waals surface area contributed by atoms with E-state index in [1.165, 1.54) is 17.4 Å². The van der Waals surface area contributed by atoms with Crippen LogP contribution < -0.4 is 0 Å². The number of rotatable bonds is 2. The highest BCUT2D eigenvalue weighted by Crippen LogP contribution is 2.44. The van der Waals surface area contributed by atoms with Gasteiger partial charge in [0.05, 0.1) is 19.1 Å². The second kappa shape index (κ2) is 6.16. The second-order valence-corrected chi connectivity index (χ2v) is 7.93. The Morgan fingerprint density at radius 2 is 1.75 bits per heavy atom. The largest absolute Gasteiger partial charge is 0.416 e.